The van der Waals surface area contributed by atoms with E-state index in [4.69, 9.17) is 0 Å². The van der Waals surface area contributed by atoms with Gasteiger partial charge < -0.3 is 19.4 Å². The molecule has 5 rings (SSSR count). The summed E-state index contributed by atoms with van der Waals surface area (Å²) in [4.78, 5) is 46.0. The van der Waals surface area contributed by atoms with E-state index in [1.807, 2.05) is 16.8 Å². The van der Waals surface area contributed by atoms with Crippen molar-refractivity contribution < 1.29 is 9.59 Å². The molecule has 1 saturated heterocycles. The number of aryl methyl sites for hydroxylation is 1. The number of pyridine rings is 1. The average Bonchev–Trinajstić information content (AvgIpc) is 3.47. The molecule has 160 valence electrons. The van der Waals surface area contributed by atoms with Crippen molar-refractivity contribution in [3.05, 3.63) is 66.0 Å². The van der Waals surface area contributed by atoms with Crippen molar-refractivity contribution in [3.8, 4) is 0 Å². The molecule has 0 saturated carbocycles. The molecule has 5 heterocycles. The second kappa shape index (κ2) is 7.98. The van der Waals surface area contributed by atoms with E-state index >= 15 is 0 Å². The van der Waals surface area contributed by atoms with Gasteiger partial charge in [0.1, 0.15) is 5.69 Å². The quantitative estimate of drug-likeness (QED) is 0.698. The lowest BCUT2D eigenvalue weighted by Gasteiger charge is -2.43. The van der Waals surface area contributed by atoms with Crippen LogP contribution < -0.4 is 0 Å². The molecular weight excluding hydrogens is 394 g/mol. The first-order valence-corrected chi connectivity index (χ1v) is 10.6. The van der Waals surface area contributed by atoms with E-state index in [-0.39, 0.29) is 23.8 Å². The summed E-state index contributed by atoms with van der Waals surface area (Å²) in [5.41, 5.74) is 3.25. The van der Waals surface area contributed by atoms with Gasteiger partial charge in [-0.2, -0.15) is 0 Å². The van der Waals surface area contributed by atoms with Crippen molar-refractivity contribution in [2.24, 2.45) is 13.0 Å². The van der Waals surface area contributed by atoms with Gasteiger partial charge in [-0.25, -0.2) is 9.97 Å². The molecule has 2 amide bonds. The average molecular weight is 419 g/mol. The number of nitrogens with one attached hydrogen (secondary N) is 1. The zero-order valence-corrected chi connectivity index (χ0v) is 17.4. The van der Waals surface area contributed by atoms with E-state index < -0.39 is 0 Å². The number of rotatable bonds is 3. The maximum Gasteiger partial charge on any atom is 0.272 e. The first-order valence-electron chi connectivity index (χ1n) is 10.6. The Kier molecular flexibility index (Phi) is 5.01. The van der Waals surface area contributed by atoms with Gasteiger partial charge >= 0.3 is 0 Å². The molecule has 1 unspecified atom stereocenters. The molecule has 3 aromatic rings. The van der Waals surface area contributed by atoms with E-state index in [2.05, 4.69) is 19.9 Å². The monoisotopic (exact) mass is 419 g/mol. The minimum Gasteiger partial charge on any atom is -0.348 e. The number of fused-ring (bicyclic) bond motifs is 1. The molecule has 0 radical (unpaired) electrons. The molecule has 3 aromatic heterocycles. The molecule has 2 aliphatic rings. The summed E-state index contributed by atoms with van der Waals surface area (Å²) in [5.74, 6) is 0.225. The Morgan fingerprint density at radius 2 is 1.94 bits per heavy atom. The minimum absolute atomic E-state index is 0.0125. The normalized spacial score (nSPS) is 19.3. The van der Waals surface area contributed by atoms with Crippen molar-refractivity contribution in [2.75, 3.05) is 19.6 Å². The molecule has 31 heavy (non-hydrogen) atoms. The van der Waals surface area contributed by atoms with Crippen LogP contribution in [0, 0.1) is 5.92 Å². The Bertz CT molecular complexity index is 1080. The highest BCUT2D eigenvalue weighted by molar-refractivity contribution is 5.94. The summed E-state index contributed by atoms with van der Waals surface area (Å²) in [5, 5.41) is 0. The molecular formula is C22H25N7O2. The van der Waals surface area contributed by atoms with Gasteiger partial charge in [0.25, 0.3) is 11.8 Å². The number of piperidine rings is 1. The van der Waals surface area contributed by atoms with Crippen molar-refractivity contribution in [3.63, 3.8) is 0 Å². The van der Waals surface area contributed by atoms with E-state index in [0.29, 0.717) is 30.9 Å². The molecule has 0 aromatic carbocycles. The minimum atomic E-state index is -0.104. The zero-order chi connectivity index (χ0) is 21.4. The van der Waals surface area contributed by atoms with E-state index in [1.165, 1.54) is 0 Å². The SMILES string of the molecule is Cn1cncc1C(=O)N1CCc2[nH]cnc2C1C1CCN(C(=O)c2cccnc2)CC1. The van der Waals surface area contributed by atoms with Crippen LogP contribution in [0.25, 0.3) is 0 Å². The van der Waals surface area contributed by atoms with Crippen LogP contribution in [-0.4, -0.2) is 65.8 Å². The topological polar surface area (TPSA) is 100 Å². The van der Waals surface area contributed by atoms with Gasteiger partial charge in [-0.05, 0) is 30.9 Å². The van der Waals surface area contributed by atoms with Crippen LogP contribution in [-0.2, 0) is 13.5 Å². The van der Waals surface area contributed by atoms with Crippen LogP contribution >= 0.6 is 0 Å². The van der Waals surface area contributed by atoms with Crippen LogP contribution in [0.4, 0.5) is 0 Å². The standard InChI is InChI=1S/C22H25N7O2/c1-27-14-24-12-18(27)22(31)29-10-6-17-19(26-13-25-17)20(29)15-4-8-28(9-5-15)21(30)16-3-2-7-23-11-16/h2-3,7,11-15,20H,4-6,8-10H2,1H3,(H,25,26). The highest BCUT2D eigenvalue weighted by atomic mass is 16.2. The molecule has 0 aliphatic carbocycles. The number of hydrogen-bond acceptors (Lipinski definition) is 5. The predicted octanol–water partition coefficient (Wildman–Crippen LogP) is 1.83. The fraction of sp³-hybridized carbons (Fsp3) is 0.409. The van der Waals surface area contributed by atoms with Crippen molar-refractivity contribution in [2.45, 2.75) is 25.3 Å². The Morgan fingerprint density at radius 1 is 1.10 bits per heavy atom. The van der Waals surface area contributed by atoms with E-state index in [1.54, 1.807) is 47.9 Å². The Balaban J connectivity index is 1.37. The van der Waals surface area contributed by atoms with E-state index in [9.17, 15) is 9.59 Å². The third-order valence-electron chi connectivity index (χ3n) is 6.45. The molecule has 2 aliphatic heterocycles. The highest BCUT2D eigenvalue weighted by Crippen LogP contribution is 2.39. The number of likely N-dealkylation sites (tertiary alicyclic amines) is 1. The van der Waals surface area contributed by atoms with Gasteiger partial charge in [0.05, 0.1) is 36.2 Å². The largest absolute Gasteiger partial charge is 0.348 e. The summed E-state index contributed by atoms with van der Waals surface area (Å²) >= 11 is 0. The molecule has 9 nitrogen and oxygen atoms in total. The Morgan fingerprint density at radius 3 is 2.65 bits per heavy atom. The second-order valence-electron chi connectivity index (χ2n) is 8.22. The number of amides is 2. The van der Waals surface area contributed by atoms with Crippen LogP contribution in [0.2, 0.25) is 0 Å². The van der Waals surface area contributed by atoms with Gasteiger partial charge in [0.2, 0.25) is 0 Å². The molecule has 1 fully saturated rings. The lowest BCUT2D eigenvalue weighted by atomic mass is 9.83. The van der Waals surface area contributed by atoms with Crippen molar-refractivity contribution in [1.82, 2.24) is 34.3 Å². The predicted molar refractivity (Wildman–Crippen MR) is 112 cm³/mol. The number of hydrogen-bond donors (Lipinski definition) is 1. The number of carbonyl (C=O) groups excluding carboxylic acids is 2. The van der Waals surface area contributed by atoms with Gasteiger partial charge in [0.15, 0.2) is 0 Å². The van der Waals surface area contributed by atoms with Gasteiger partial charge in [-0.3, -0.25) is 14.6 Å². The summed E-state index contributed by atoms with van der Waals surface area (Å²) in [6, 6.07) is 3.48. The molecule has 9 heteroatoms. The number of carbonyl (C=O) groups is 2. The Hall–Kier alpha value is -3.49. The van der Waals surface area contributed by atoms with Crippen LogP contribution in [0.15, 0.2) is 43.4 Å². The van der Waals surface area contributed by atoms with Gasteiger partial charge in [-0.1, -0.05) is 0 Å². The summed E-state index contributed by atoms with van der Waals surface area (Å²) in [6.07, 6.45) is 10.7. The van der Waals surface area contributed by atoms with Crippen LogP contribution in [0.3, 0.4) is 0 Å². The fourth-order valence-corrected chi connectivity index (χ4v) is 4.81. The van der Waals surface area contributed by atoms with Crippen molar-refractivity contribution in [1.29, 1.82) is 0 Å². The number of imidazole rings is 2. The molecule has 0 bridgehead atoms. The molecule has 1 atom stereocenters. The summed E-state index contributed by atoms with van der Waals surface area (Å²) in [6.45, 7) is 1.95. The molecule has 0 spiro atoms. The third-order valence-corrected chi connectivity index (χ3v) is 6.45. The van der Waals surface area contributed by atoms with Crippen molar-refractivity contribution >= 4 is 11.8 Å². The number of aromatic nitrogens is 5. The first-order chi connectivity index (χ1) is 15.1. The fourth-order valence-electron chi connectivity index (χ4n) is 4.81. The van der Waals surface area contributed by atoms with E-state index in [0.717, 1.165) is 30.7 Å². The smallest absolute Gasteiger partial charge is 0.272 e. The summed E-state index contributed by atoms with van der Waals surface area (Å²) in [7, 11) is 1.84. The maximum atomic E-state index is 13.4. The number of nitrogens with zero attached hydrogens (tertiary/aromatic N) is 6. The maximum absolute atomic E-state index is 13.4. The van der Waals surface area contributed by atoms with Crippen LogP contribution in [0.5, 0.6) is 0 Å². The third kappa shape index (κ3) is 3.49. The summed E-state index contributed by atoms with van der Waals surface area (Å²) < 4.78 is 1.76. The van der Waals surface area contributed by atoms with Gasteiger partial charge in [-0.15, -0.1) is 0 Å². The van der Waals surface area contributed by atoms with Gasteiger partial charge in [0, 0.05) is 51.2 Å². The van der Waals surface area contributed by atoms with Crippen LogP contribution in [0.1, 0.15) is 51.1 Å². The zero-order valence-electron chi connectivity index (χ0n) is 17.4. The Labute approximate surface area is 180 Å². The highest BCUT2D eigenvalue weighted by Gasteiger charge is 2.40. The number of aromatic amines is 1. The lowest BCUT2D eigenvalue weighted by Crippen LogP contribution is -2.47. The molecule has 1 N–H and O–H groups in total. The number of H-pyrrole nitrogens is 1. The second-order valence-corrected chi connectivity index (χ2v) is 8.22. The first kappa shape index (κ1) is 19.5. The lowest BCUT2D eigenvalue weighted by molar-refractivity contribution is 0.0425.